The zero-order chi connectivity index (χ0) is 24.7. The molecule has 0 bridgehead atoms. The van der Waals surface area contributed by atoms with Gasteiger partial charge in [-0.3, -0.25) is 9.59 Å². The number of piperazine rings is 1. The highest BCUT2D eigenvalue weighted by Crippen LogP contribution is 2.21. The lowest BCUT2D eigenvalue weighted by Crippen LogP contribution is -2.50. The first-order chi connectivity index (χ1) is 16.1. The summed E-state index contributed by atoms with van der Waals surface area (Å²) in [4.78, 5) is 39.6. The lowest BCUT2D eigenvalue weighted by molar-refractivity contribution is -0.131. The molecule has 1 fully saturated rings. The lowest BCUT2D eigenvalue weighted by Gasteiger charge is -2.32. The van der Waals surface area contributed by atoms with Gasteiger partial charge in [-0.15, -0.1) is 0 Å². The molecule has 1 aromatic carbocycles. The molecule has 180 valence electrons. The van der Waals surface area contributed by atoms with Crippen LogP contribution in [0.15, 0.2) is 36.5 Å². The smallest absolute Gasteiger partial charge is 0.251 e. The Morgan fingerprint density at radius 1 is 1.12 bits per heavy atom. The van der Waals surface area contributed by atoms with Crippen LogP contribution in [0.25, 0.3) is 0 Å². The van der Waals surface area contributed by atoms with Crippen molar-refractivity contribution in [2.45, 2.75) is 27.3 Å². The minimum atomic E-state index is -0.273. The predicted octanol–water partition coefficient (Wildman–Crippen LogP) is 1.90. The summed E-state index contributed by atoms with van der Waals surface area (Å²) in [5.41, 5.74) is 1.80. The maximum absolute atomic E-state index is 12.5. The summed E-state index contributed by atoms with van der Waals surface area (Å²) in [5, 5.41) is 11.9. The highest BCUT2D eigenvalue weighted by molar-refractivity contribution is 5.96. The van der Waals surface area contributed by atoms with Gasteiger partial charge in [0.25, 0.3) is 5.91 Å². The van der Waals surface area contributed by atoms with Crippen molar-refractivity contribution in [3.8, 4) is 6.07 Å². The molecule has 1 aliphatic heterocycles. The van der Waals surface area contributed by atoms with E-state index in [4.69, 9.17) is 0 Å². The van der Waals surface area contributed by atoms with Crippen LogP contribution in [0.4, 0.5) is 5.95 Å². The highest BCUT2D eigenvalue weighted by Gasteiger charge is 2.21. The van der Waals surface area contributed by atoms with Crippen molar-refractivity contribution in [1.82, 2.24) is 25.1 Å². The van der Waals surface area contributed by atoms with Crippen LogP contribution < -0.4 is 10.2 Å². The van der Waals surface area contributed by atoms with E-state index in [1.165, 1.54) is 0 Å². The van der Waals surface area contributed by atoms with Gasteiger partial charge in [0.1, 0.15) is 11.8 Å². The third-order valence-corrected chi connectivity index (χ3v) is 5.55. The molecule has 0 unspecified atom stereocenters. The third kappa shape index (κ3) is 7.25. The number of hydrogen-bond donors (Lipinski definition) is 1. The standard InChI is InChI=1S/C25H33N7O2/c1-25(2,3)18-32(24-27-10-9-21(15-26)29-24)17-19-5-7-20(8-6-19)23(34)28-16-22(33)31-13-11-30(4)12-14-31/h5-10H,11-14,16-18H2,1-4H3,(H,28,34). The second kappa shape index (κ2) is 11.1. The van der Waals surface area contributed by atoms with Gasteiger partial charge in [0, 0.05) is 51.0 Å². The summed E-state index contributed by atoms with van der Waals surface area (Å²) < 4.78 is 0. The molecule has 34 heavy (non-hydrogen) atoms. The Morgan fingerprint density at radius 2 is 1.79 bits per heavy atom. The lowest BCUT2D eigenvalue weighted by atomic mass is 9.96. The monoisotopic (exact) mass is 463 g/mol. The Kier molecular flexibility index (Phi) is 8.18. The molecule has 1 saturated heterocycles. The molecular weight excluding hydrogens is 430 g/mol. The molecule has 9 nitrogen and oxygen atoms in total. The molecule has 1 aliphatic rings. The van der Waals surface area contributed by atoms with E-state index in [-0.39, 0.29) is 23.8 Å². The molecule has 0 saturated carbocycles. The van der Waals surface area contributed by atoms with Crippen LogP contribution in [0.5, 0.6) is 0 Å². The van der Waals surface area contributed by atoms with Crippen LogP contribution in [-0.4, -0.2) is 77.9 Å². The third-order valence-electron chi connectivity index (χ3n) is 5.55. The van der Waals surface area contributed by atoms with Crippen molar-refractivity contribution in [3.05, 3.63) is 53.3 Å². The quantitative estimate of drug-likeness (QED) is 0.669. The fourth-order valence-electron chi connectivity index (χ4n) is 3.74. The van der Waals surface area contributed by atoms with Gasteiger partial charge in [-0.05, 0) is 36.2 Å². The Labute approximate surface area is 201 Å². The number of likely N-dealkylation sites (N-methyl/N-ethyl adjacent to an activating group) is 1. The second-order valence-corrected chi connectivity index (χ2v) is 9.83. The number of nitrogens with zero attached hydrogens (tertiary/aromatic N) is 6. The zero-order valence-corrected chi connectivity index (χ0v) is 20.4. The Hall–Kier alpha value is -3.51. The predicted molar refractivity (Wildman–Crippen MR) is 130 cm³/mol. The maximum Gasteiger partial charge on any atom is 0.251 e. The van der Waals surface area contributed by atoms with E-state index in [1.807, 2.05) is 24.1 Å². The van der Waals surface area contributed by atoms with E-state index >= 15 is 0 Å². The van der Waals surface area contributed by atoms with Crippen LogP contribution in [-0.2, 0) is 11.3 Å². The van der Waals surface area contributed by atoms with E-state index in [0.29, 0.717) is 43.4 Å². The van der Waals surface area contributed by atoms with Crippen molar-refractivity contribution >= 4 is 17.8 Å². The molecular formula is C25H33N7O2. The first-order valence-corrected chi connectivity index (χ1v) is 11.5. The molecule has 2 heterocycles. The number of hydrogen-bond acceptors (Lipinski definition) is 7. The summed E-state index contributed by atoms with van der Waals surface area (Å²) in [7, 11) is 2.03. The topological polar surface area (TPSA) is 105 Å². The number of anilines is 1. The number of carbonyl (C=O) groups is 2. The van der Waals surface area contributed by atoms with E-state index < -0.39 is 0 Å². The van der Waals surface area contributed by atoms with Crippen molar-refractivity contribution in [2.24, 2.45) is 5.41 Å². The molecule has 2 amide bonds. The van der Waals surface area contributed by atoms with E-state index in [9.17, 15) is 14.9 Å². The van der Waals surface area contributed by atoms with Gasteiger partial charge in [0.15, 0.2) is 0 Å². The van der Waals surface area contributed by atoms with Gasteiger partial charge in [-0.2, -0.15) is 5.26 Å². The SMILES string of the molecule is CN1CCN(C(=O)CNC(=O)c2ccc(CN(CC(C)(C)C)c3nccc(C#N)n3)cc2)CC1. The van der Waals surface area contributed by atoms with E-state index in [2.05, 4.69) is 47.0 Å². The second-order valence-electron chi connectivity index (χ2n) is 9.83. The van der Waals surface area contributed by atoms with Crippen LogP contribution in [0.1, 0.15) is 42.4 Å². The Morgan fingerprint density at radius 3 is 2.41 bits per heavy atom. The van der Waals surface area contributed by atoms with Crippen LogP contribution >= 0.6 is 0 Å². The van der Waals surface area contributed by atoms with Crippen molar-refractivity contribution in [2.75, 3.05) is 51.2 Å². The molecule has 2 aromatic rings. The average Bonchev–Trinajstić information content (AvgIpc) is 2.82. The van der Waals surface area contributed by atoms with Crippen molar-refractivity contribution in [3.63, 3.8) is 0 Å². The fraction of sp³-hybridized carbons (Fsp3) is 0.480. The highest BCUT2D eigenvalue weighted by atomic mass is 16.2. The van der Waals surface area contributed by atoms with Gasteiger partial charge in [-0.25, -0.2) is 9.97 Å². The zero-order valence-electron chi connectivity index (χ0n) is 20.4. The molecule has 1 aromatic heterocycles. The molecule has 0 atom stereocenters. The van der Waals surface area contributed by atoms with Gasteiger partial charge < -0.3 is 20.0 Å². The number of rotatable bonds is 7. The summed E-state index contributed by atoms with van der Waals surface area (Å²) in [5.74, 6) is 0.166. The Bertz CT molecular complexity index is 1030. The van der Waals surface area contributed by atoms with Gasteiger partial charge in [-0.1, -0.05) is 32.9 Å². The van der Waals surface area contributed by atoms with Crippen molar-refractivity contribution in [1.29, 1.82) is 5.26 Å². The maximum atomic E-state index is 12.5. The molecule has 0 radical (unpaired) electrons. The number of nitrogens with one attached hydrogen (secondary N) is 1. The van der Waals surface area contributed by atoms with Crippen LogP contribution in [0.3, 0.4) is 0 Å². The average molecular weight is 464 g/mol. The van der Waals surface area contributed by atoms with E-state index in [1.54, 1.807) is 29.3 Å². The summed E-state index contributed by atoms with van der Waals surface area (Å²) in [6.07, 6.45) is 1.59. The number of carbonyl (C=O) groups excluding carboxylic acids is 2. The number of aromatic nitrogens is 2. The number of amides is 2. The molecule has 0 spiro atoms. The first-order valence-electron chi connectivity index (χ1n) is 11.5. The molecule has 9 heteroatoms. The minimum absolute atomic E-state index is 0.00374. The van der Waals surface area contributed by atoms with Gasteiger partial charge in [0.2, 0.25) is 11.9 Å². The largest absolute Gasteiger partial charge is 0.343 e. The number of benzene rings is 1. The summed E-state index contributed by atoms with van der Waals surface area (Å²) >= 11 is 0. The first kappa shape index (κ1) is 25.1. The van der Waals surface area contributed by atoms with Crippen molar-refractivity contribution < 1.29 is 9.59 Å². The minimum Gasteiger partial charge on any atom is -0.343 e. The molecule has 1 N–H and O–H groups in total. The van der Waals surface area contributed by atoms with Gasteiger partial charge in [0.05, 0.1) is 6.54 Å². The summed E-state index contributed by atoms with van der Waals surface area (Å²) in [6.45, 7) is 10.7. The van der Waals surface area contributed by atoms with Crippen LogP contribution in [0.2, 0.25) is 0 Å². The van der Waals surface area contributed by atoms with Gasteiger partial charge >= 0.3 is 0 Å². The molecule has 3 rings (SSSR count). The Balaban J connectivity index is 1.61. The normalized spacial score (nSPS) is 14.4. The summed E-state index contributed by atoms with van der Waals surface area (Å²) in [6, 6.07) is 10.9. The fourth-order valence-corrected chi connectivity index (χ4v) is 3.74. The van der Waals surface area contributed by atoms with Crippen LogP contribution in [0, 0.1) is 16.7 Å². The number of nitriles is 1. The van der Waals surface area contributed by atoms with E-state index in [0.717, 1.165) is 18.7 Å². The molecule has 0 aliphatic carbocycles.